The minimum Gasteiger partial charge on any atom is -0.339 e. The maximum atomic E-state index is 13.6. The summed E-state index contributed by atoms with van der Waals surface area (Å²) in [6, 6.07) is 2.91. The molecule has 1 fully saturated rings. The Labute approximate surface area is 140 Å². The molecule has 5 nitrogen and oxygen atoms in total. The van der Waals surface area contributed by atoms with Crippen molar-refractivity contribution in [2.45, 2.75) is 6.42 Å². The number of carbonyl (C=O) groups excluding carboxylic acids is 2. The highest BCUT2D eigenvalue weighted by Gasteiger charge is 2.26. The molecule has 2 amide bonds. The van der Waals surface area contributed by atoms with Crippen LogP contribution in [0.15, 0.2) is 18.2 Å². The van der Waals surface area contributed by atoms with Gasteiger partial charge in [0, 0.05) is 45.2 Å². The Morgan fingerprint density at radius 3 is 2.30 bits per heavy atom. The zero-order valence-electron chi connectivity index (χ0n) is 12.8. The highest BCUT2D eigenvalue weighted by Crippen LogP contribution is 2.14. The second-order valence-corrected chi connectivity index (χ2v) is 5.15. The summed E-state index contributed by atoms with van der Waals surface area (Å²) in [6.07, 6.45) is 0.414. The first-order chi connectivity index (χ1) is 10.5. The second-order valence-electron chi connectivity index (χ2n) is 5.15. The van der Waals surface area contributed by atoms with Gasteiger partial charge >= 0.3 is 0 Å². The molecule has 2 rings (SSSR count). The smallest absolute Gasteiger partial charge is 0.256 e. The highest BCUT2D eigenvalue weighted by molar-refractivity contribution is 5.94. The lowest BCUT2D eigenvalue weighted by molar-refractivity contribution is -0.132. The molecule has 0 aliphatic carbocycles. The Balaban J connectivity index is 0.00000264. The van der Waals surface area contributed by atoms with Crippen LogP contribution in [0.4, 0.5) is 8.78 Å². The molecular weight excluding hydrogens is 328 g/mol. The van der Waals surface area contributed by atoms with Crippen LogP contribution in [0.3, 0.4) is 0 Å². The van der Waals surface area contributed by atoms with Crippen LogP contribution in [0, 0.1) is 11.6 Å². The molecular formula is C15H20ClF2N3O2. The molecule has 128 valence electrons. The molecule has 1 aromatic carbocycles. The van der Waals surface area contributed by atoms with Gasteiger partial charge in [-0.05, 0) is 19.2 Å². The summed E-state index contributed by atoms with van der Waals surface area (Å²) in [6.45, 7) is 2.16. The standard InChI is InChI=1S/C15H19F2N3O2.ClH/c1-18-5-4-14(21)19-6-8-20(9-7-19)15(22)12-3-2-11(16)10-13(12)17;/h2-3,10,18H,4-9H2,1H3;1H. The van der Waals surface area contributed by atoms with Gasteiger partial charge < -0.3 is 15.1 Å². The Hall–Kier alpha value is -1.73. The van der Waals surface area contributed by atoms with Crippen molar-refractivity contribution in [3.05, 3.63) is 35.4 Å². The zero-order valence-corrected chi connectivity index (χ0v) is 13.7. The number of rotatable bonds is 4. The summed E-state index contributed by atoms with van der Waals surface area (Å²) < 4.78 is 26.5. The summed E-state index contributed by atoms with van der Waals surface area (Å²) in [4.78, 5) is 27.3. The maximum absolute atomic E-state index is 13.6. The Morgan fingerprint density at radius 1 is 1.13 bits per heavy atom. The molecule has 1 aromatic rings. The minimum absolute atomic E-state index is 0. The van der Waals surface area contributed by atoms with Gasteiger partial charge in [0.15, 0.2) is 0 Å². The molecule has 1 heterocycles. The van der Waals surface area contributed by atoms with Crippen LogP contribution in [0.1, 0.15) is 16.8 Å². The van der Waals surface area contributed by atoms with Crippen molar-refractivity contribution in [3.8, 4) is 0 Å². The third kappa shape index (κ3) is 4.87. The van der Waals surface area contributed by atoms with Gasteiger partial charge in [-0.1, -0.05) is 0 Å². The van der Waals surface area contributed by atoms with Crippen LogP contribution in [-0.2, 0) is 4.79 Å². The third-order valence-corrected chi connectivity index (χ3v) is 3.67. The number of halogens is 3. The van der Waals surface area contributed by atoms with Gasteiger partial charge in [0.25, 0.3) is 5.91 Å². The van der Waals surface area contributed by atoms with Crippen molar-refractivity contribution in [2.75, 3.05) is 39.8 Å². The van der Waals surface area contributed by atoms with E-state index in [1.807, 2.05) is 0 Å². The largest absolute Gasteiger partial charge is 0.339 e. The minimum atomic E-state index is -0.863. The van der Waals surface area contributed by atoms with Crippen molar-refractivity contribution in [3.63, 3.8) is 0 Å². The molecule has 1 aliphatic rings. The Kier molecular flexibility index (Phi) is 7.38. The van der Waals surface area contributed by atoms with Crippen molar-refractivity contribution < 1.29 is 18.4 Å². The molecule has 1 saturated heterocycles. The summed E-state index contributed by atoms with van der Waals surface area (Å²) in [5, 5.41) is 2.91. The first-order valence-corrected chi connectivity index (χ1v) is 7.19. The van der Waals surface area contributed by atoms with Crippen molar-refractivity contribution in [2.24, 2.45) is 0 Å². The van der Waals surface area contributed by atoms with Gasteiger partial charge in [-0.2, -0.15) is 0 Å². The summed E-state index contributed by atoms with van der Waals surface area (Å²) in [5.74, 6) is -2.01. The average molecular weight is 348 g/mol. The monoisotopic (exact) mass is 347 g/mol. The number of hydrogen-bond donors (Lipinski definition) is 1. The van der Waals surface area contributed by atoms with E-state index in [1.54, 1.807) is 11.9 Å². The summed E-state index contributed by atoms with van der Waals surface area (Å²) >= 11 is 0. The quantitative estimate of drug-likeness (QED) is 0.892. The number of nitrogens with zero attached hydrogens (tertiary/aromatic N) is 2. The van der Waals surface area contributed by atoms with E-state index in [9.17, 15) is 18.4 Å². The van der Waals surface area contributed by atoms with E-state index in [2.05, 4.69) is 5.32 Å². The number of piperazine rings is 1. The van der Waals surface area contributed by atoms with Crippen LogP contribution in [0.5, 0.6) is 0 Å². The number of hydrogen-bond acceptors (Lipinski definition) is 3. The van der Waals surface area contributed by atoms with E-state index in [1.165, 1.54) is 4.90 Å². The molecule has 1 N–H and O–H groups in total. The van der Waals surface area contributed by atoms with Crippen LogP contribution in [0.25, 0.3) is 0 Å². The van der Waals surface area contributed by atoms with E-state index in [-0.39, 0.29) is 23.9 Å². The lowest BCUT2D eigenvalue weighted by Crippen LogP contribution is -2.51. The third-order valence-electron chi connectivity index (χ3n) is 3.67. The predicted octanol–water partition coefficient (Wildman–Crippen LogP) is 1.28. The van der Waals surface area contributed by atoms with Crippen molar-refractivity contribution in [1.82, 2.24) is 15.1 Å². The number of benzene rings is 1. The van der Waals surface area contributed by atoms with Gasteiger partial charge in [0.1, 0.15) is 11.6 Å². The molecule has 23 heavy (non-hydrogen) atoms. The molecule has 0 atom stereocenters. The van der Waals surface area contributed by atoms with Crippen LogP contribution in [-0.4, -0.2) is 61.4 Å². The molecule has 0 bridgehead atoms. The van der Waals surface area contributed by atoms with Crippen LogP contribution in [0.2, 0.25) is 0 Å². The first kappa shape index (κ1) is 19.3. The lowest BCUT2D eigenvalue weighted by Gasteiger charge is -2.35. The van der Waals surface area contributed by atoms with E-state index in [0.29, 0.717) is 45.2 Å². The van der Waals surface area contributed by atoms with Gasteiger partial charge in [-0.3, -0.25) is 9.59 Å². The topological polar surface area (TPSA) is 52.7 Å². The van der Waals surface area contributed by atoms with E-state index >= 15 is 0 Å². The molecule has 0 unspecified atom stereocenters. The Morgan fingerprint density at radius 2 is 1.74 bits per heavy atom. The normalized spacial score (nSPS) is 14.4. The molecule has 1 aliphatic heterocycles. The highest BCUT2D eigenvalue weighted by atomic mass is 35.5. The number of carbonyl (C=O) groups is 2. The fourth-order valence-corrected chi connectivity index (χ4v) is 2.38. The molecule has 0 spiro atoms. The number of amides is 2. The van der Waals surface area contributed by atoms with E-state index in [0.717, 1.165) is 12.1 Å². The summed E-state index contributed by atoms with van der Waals surface area (Å²) in [7, 11) is 1.78. The fraction of sp³-hybridized carbons (Fsp3) is 0.467. The maximum Gasteiger partial charge on any atom is 0.256 e. The second kappa shape index (κ2) is 8.79. The van der Waals surface area contributed by atoms with E-state index in [4.69, 9.17) is 0 Å². The first-order valence-electron chi connectivity index (χ1n) is 7.19. The van der Waals surface area contributed by atoms with E-state index < -0.39 is 17.5 Å². The molecule has 0 aromatic heterocycles. The lowest BCUT2D eigenvalue weighted by atomic mass is 10.1. The van der Waals surface area contributed by atoms with Gasteiger partial charge in [0.2, 0.25) is 5.91 Å². The molecule has 8 heteroatoms. The van der Waals surface area contributed by atoms with Crippen LogP contribution < -0.4 is 5.32 Å². The van der Waals surface area contributed by atoms with Crippen LogP contribution >= 0.6 is 12.4 Å². The summed E-state index contributed by atoms with van der Waals surface area (Å²) in [5.41, 5.74) is -0.142. The molecule has 0 radical (unpaired) electrons. The predicted molar refractivity (Wildman–Crippen MR) is 84.6 cm³/mol. The average Bonchev–Trinajstić information content (AvgIpc) is 2.52. The van der Waals surface area contributed by atoms with Gasteiger partial charge in [-0.25, -0.2) is 8.78 Å². The van der Waals surface area contributed by atoms with Gasteiger partial charge in [0.05, 0.1) is 5.56 Å². The Bertz CT molecular complexity index is 564. The fourth-order valence-electron chi connectivity index (χ4n) is 2.38. The van der Waals surface area contributed by atoms with Crippen molar-refractivity contribution >= 4 is 24.2 Å². The van der Waals surface area contributed by atoms with Crippen molar-refractivity contribution in [1.29, 1.82) is 0 Å². The SMILES string of the molecule is CNCCC(=O)N1CCN(C(=O)c2ccc(F)cc2F)CC1.Cl. The number of nitrogens with one attached hydrogen (secondary N) is 1. The molecule has 0 saturated carbocycles. The zero-order chi connectivity index (χ0) is 16.1. The van der Waals surface area contributed by atoms with Gasteiger partial charge in [-0.15, -0.1) is 12.4 Å².